The van der Waals surface area contributed by atoms with E-state index >= 15 is 0 Å². The predicted molar refractivity (Wildman–Crippen MR) is 120 cm³/mol. The Morgan fingerprint density at radius 2 is 1.97 bits per heavy atom. The number of hydrogen-bond acceptors (Lipinski definition) is 4. The molecule has 0 spiro atoms. The van der Waals surface area contributed by atoms with Gasteiger partial charge in [0.2, 0.25) is 0 Å². The number of carboxylic acid groups (broad SMARTS) is 1. The molecule has 0 unspecified atom stereocenters. The van der Waals surface area contributed by atoms with Gasteiger partial charge in [-0.05, 0) is 47.9 Å². The molecule has 31 heavy (non-hydrogen) atoms. The number of benzene rings is 1. The van der Waals surface area contributed by atoms with Crippen molar-refractivity contribution in [1.82, 2.24) is 9.88 Å². The Labute approximate surface area is 187 Å². The number of carboxylic acids is 1. The average molecular weight is 482 g/mol. The van der Waals surface area contributed by atoms with E-state index in [-0.39, 0.29) is 12.1 Å². The molecule has 8 heteroatoms. The summed E-state index contributed by atoms with van der Waals surface area (Å²) in [5, 5.41) is 20.9. The number of aliphatic carboxylic acids is 1. The van der Waals surface area contributed by atoms with Crippen LogP contribution in [-0.4, -0.2) is 21.6 Å². The fourth-order valence-corrected chi connectivity index (χ4v) is 3.94. The van der Waals surface area contributed by atoms with Crippen LogP contribution in [0.5, 0.6) is 0 Å². The number of pyridine rings is 1. The van der Waals surface area contributed by atoms with Crippen LogP contribution in [0.4, 0.5) is 0 Å². The Balaban J connectivity index is 1.98. The van der Waals surface area contributed by atoms with Gasteiger partial charge in [-0.2, -0.15) is 5.26 Å². The number of hydrogen-bond donors (Lipinski definition) is 2. The molecular weight excluding hydrogens is 462 g/mol. The number of nitrogens with zero attached hydrogens (tertiary/aromatic N) is 2. The van der Waals surface area contributed by atoms with E-state index in [2.05, 4.69) is 21.2 Å². The maximum Gasteiger partial charge on any atom is 0.323 e. The minimum atomic E-state index is -1.16. The number of amides is 1. The molecule has 1 aliphatic rings. The molecule has 0 aliphatic heterocycles. The molecule has 0 bridgehead atoms. The molecule has 1 aliphatic carbocycles. The summed E-state index contributed by atoms with van der Waals surface area (Å²) < 4.78 is 1.95. The molecule has 7 nitrogen and oxygen atoms in total. The van der Waals surface area contributed by atoms with E-state index in [1.54, 1.807) is 30.3 Å². The smallest absolute Gasteiger partial charge is 0.323 e. The molecule has 1 amide bonds. The van der Waals surface area contributed by atoms with E-state index in [4.69, 9.17) is 5.26 Å². The third kappa shape index (κ3) is 5.19. The van der Waals surface area contributed by atoms with Crippen molar-refractivity contribution >= 4 is 33.9 Å². The molecule has 1 aromatic heterocycles. The van der Waals surface area contributed by atoms with Gasteiger partial charge in [-0.1, -0.05) is 40.6 Å². The standard InChI is InChI=1S/C23H20BrN3O4/c1-2-14-7-18(24)9-17-10-19(23(31)27(13-21(28)29)20(17)8-14)22(30)26-12-16-5-3-15(11-25)4-6-16/h3-7,9-10H,2,8,12-13H2,1H3,(H,26,30)(H,28,29). The second-order valence-electron chi connectivity index (χ2n) is 7.10. The van der Waals surface area contributed by atoms with Gasteiger partial charge in [-0.25, -0.2) is 0 Å². The van der Waals surface area contributed by atoms with Gasteiger partial charge in [-0.15, -0.1) is 0 Å². The normalized spacial score (nSPS) is 12.7. The summed E-state index contributed by atoms with van der Waals surface area (Å²) >= 11 is 3.48. The molecule has 2 aromatic rings. The van der Waals surface area contributed by atoms with E-state index in [1.807, 2.05) is 19.1 Å². The van der Waals surface area contributed by atoms with Crippen LogP contribution >= 0.6 is 15.9 Å². The highest BCUT2D eigenvalue weighted by Crippen LogP contribution is 2.26. The first-order valence-electron chi connectivity index (χ1n) is 9.64. The van der Waals surface area contributed by atoms with Gasteiger partial charge in [0, 0.05) is 23.1 Å². The molecule has 158 valence electrons. The topological polar surface area (TPSA) is 112 Å². The first-order chi connectivity index (χ1) is 14.8. The summed E-state index contributed by atoms with van der Waals surface area (Å²) in [5.41, 5.74) is 2.75. The van der Waals surface area contributed by atoms with E-state index < -0.39 is 24.0 Å². The first kappa shape index (κ1) is 22.2. The van der Waals surface area contributed by atoms with Crippen molar-refractivity contribution in [1.29, 1.82) is 5.26 Å². The van der Waals surface area contributed by atoms with E-state index in [0.29, 0.717) is 23.2 Å². The second kappa shape index (κ2) is 9.58. The van der Waals surface area contributed by atoms with Crippen LogP contribution in [-0.2, 0) is 24.3 Å². The van der Waals surface area contributed by atoms with Crippen molar-refractivity contribution < 1.29 is 14.7 Å². The number of halogens is 1. The number of rotatable bonds is 6. The third-order valence-electron chi connectivity index (χ3n) is 4.99. The Morgan fingerprint density at radius 1 is 1.26 bits per heavy atom. The molecule has 3 rings (SSSR count). The van der Waals surface area contributed by atoms with Crippen molar-refractivity contribution in [3.8, 4) is 6.07 Å². The summed E-state index contributed by atoms with van der Waals surface area (Å²) in [7, 11) is 0. The van der Waals surface area contributed by atoms with Gasteiger partial charge in [0.05, 0.1) is 11.6 Å². The lowest BCUT2D eigenvalue weighted by Crippen LogP contribution is -2.36. The number of nitriles is 1. The maximum absolute atomic E-state index is 13.1. The van der Waals surface area contributed by atoms with Gasteiger partial charge >= 0.3 is 5.97 Å². The molecule has 2 N–H and O–H groups in total. The van der Waals surface area contributed by atoms with Crippen molar-refractivity contribution in [2.45, 2.75) is 32.9 Å². The summed E-state index contributed by atoms with van der Waals surface area (Å²) in [6.45, 7) is 1.63. The highest BCUT2D eigenvalue weighted by atomic mass is 79.9. The Morgan fingerprint density at radius 3 is 2.58 bits per heavy atom. The summed E-state index contributed by atoms with van der Waals surface area (Å²) in [5.74, 6) is -1.75. The zero-order valence-electron chi connectivity index (χ0n) is 16.8. The highest BCUT2D eigenvalue weighted by molar-refractivity contribution is 9.12. The molecule has 0 radical (unpaired) electrons. The quantitative estimate of drug-likeness (QED) is 0.656. The number of allylic oxidation sites excluding steroid dienone is 3. The van der Waals surface area contributed by atoms with Crippen LogP contribution < -0.4 is 10.9 Å². The minimum absolute atomic E-state index is 0.120. The van der Waals surface area contributed by atoms with Crippen molar-refractivity contribution in [3.63, 3.8) is 0 Å². The highest BCUT2D eigenvalue weighted by Gasteiger charge is 2.22. The summed E-state index contributed by atoms with van der Waals surface area (Å²) in [4.78, 5) is 37.3. The summed E-state index contributed by atoms with van der Waals surface area (Å²) in [6, 6.07) is 10.3. The molecule has 0 saturated heterocycles. The van der Waals surface area contributed by atoms with Crippen LogP contribution in [0.25, 0.3) is 6.08 Å². The van der Waals surface area contributed by atoms with E-state index in [0.717, 1.165) is 22.0 Å². The molecule has 1 aromatic carbocycles. The SMILES string of the molecule is CCC1=CC(Br)=Cc2cc(C(=O)NCc3ccc(C#N)cc3)c(=O)n(CC(=O)O)c2C1. The predicted octanol–water partition coefficient (Wildman–Crippen LogP) is 3.36. The largest absolute Gasteiger partial charge is 0.480 e. The van der Waals surface area contributed by atoms with Crippen LogP contribution in [0.15, 0.2) is 51.3 Å². The molecule has 0 atom stereocenters. The van der Waals surface area contributed by atoms with Crippen LogP contribution in [0.2, 0.25) is 0 Å². The number of carbonyl (C=O) groups excluding carboxylic acids is 1. The number of aromatic nitrogens is 1. The monoisotopic (exact) mass is 481 g/mol. The van der Waals surface area contributed by atoms with Crippen molar-refractivity contribution in [2.24, 2.45) is 0 Å². The Hall–Kier alpha value is -3.44. The van der Waals surface area contributed by atoms with Gasteiger partial charge in [0.15, 0.2) is 0 Å². The van der Waals surface area contributed by atoms with Gasteiger partial charge in [0.25, 0.3) is 11.5 Å². The number of nitrogens with one attached hydrogen (secondary N) is 1. The fraction of sp³-hybridized carbons (Fsp3) is 0.217. The third-order valence-corrected chi connectivity index (χ3v) is 5.45. The first-order valence-corrected chi connectivity index (χ1v) is 10.4. The number of fused-ring (bicyclic) bond motifs is 1. The number of carbonyl (C=O) groups is 2. The zero-order valence-corrected chi connectivity index (χ0v) is 18.4. The molecule has 1 heterocycles. The van der Waals surface area contributed by atoms with Crippen molar-refractivity contribution in [2.75, 3.05) is 0 Å². The fourth-order valence-electron chi connectivity index (χ4n) is 3.37. The van der Waals surface area contributed by atoms with Crippen molar-refractivity contribution in [3.05, 3.63) is 84.8 Å². The van der Waals surface area contributed by atoms with Crippen LogP contribution in [0.1, 0.15) is 46.1 Å². The lowest BCUT2D eigenvalue weighted by molar-refractivity contribution is -0.137. The Kier molecular flexibility index (Phi) is 6.88. The molecule has 0 saturated carbocycles. The Bertz CT molecular complexity index is 1200. The zero-order chi connectivity index (χ0) is 22.5. The average Bonchev–Trinajstić information content (AvgIpc) is 2.91. The second-order valence-corrected chi connectivity index (χ2v) is 8.01. The van der Waals surface area contributed by atoms with E-state index in [9.17, 15) is 19.5 Å². The molecular formula is C23H20BrN3O4. The minimum Gasteiger partial charge on any atom is -0.480 e. The van der Waals surface area contributed by atoms with Crippen LogP contribution in [0, 0.1) is 11.3 Å². The summed E-state index contributed by atoms with van der Waals surface area (Å²) in [6.07, 6.45) is 4.90. The van der Waals surface area contributed by atoms with E-state index in [1.165, 1.54) is 10.6 Å². The van der Waals surface area contributed by atoms with Gasteiger partial charge in [0.1, 0.15) is 12.1 Å². The van der Waals surface area contributed by atoms with Gasteiger partial charge in [-0.3, -0.25) is 19.0 Å². The molecule has 0 fully saturated rings. The lowest BCUT2D eigenvalue weighted by atomic mass is 10.0. The maximum atomic E-state index is 13.1. The lowest BCUT2D eigenvalue weighted by Gasteiger charge is -2.16. The van der Waals surface area contributed by atoms with Gasteiger partial charge < -0.3 is 10.4 Å². The van der Waals surface area contributed by atoms with Crippen LogP contribution in [0.3, 0.4) is 0 Å².